The summed E-state index contributed by atoms with van der Waals surface area (Å²) in [5.41, 5.74) is 1.03. The molecule has 2 N–H and O–H groups in total. The number of anilines is 1. The zero-order valence-electron chi connectivity index (χ0n) is 10.6. The summed E-state index contributed by atoms with van der Waals surface area (Å²) in [5.74, 6) is 1.23. The predicted molar refractivity (Wildman–Crippen MR) is 68.0 cm³/mol. The van der Waals surface area contributed by atoms with Crippen molar-refractivity contribution in [2.24, 2.45) is 0 Å². The van der Waals surface area contributed by atoms with Gasteiger partial charge in [0, 0.05) is 11.8 Å². The van der Waals surface area contributed by atoms with Gasteiger partial charge in [-0.3, -0.25) is 0 Å². The van der Waals surface area contributed by atoms with Crippen molar-refractivity contribution < 1.29 is 5.11 Å². The molecule has 0 aliphatic heterocycles. The van der Waals surface area contributed by atoms with E-state index in [0.29, 0.717) is 5.92 Å². The molecular weight excluding hydrogens is 214 g/mol. The first-order chi connectivity index (χ1) is 8.16. The largest absolute Gasteiger partial charge is 0.391 e. The molecule has 2 rings (SSSR count). The van der Waals surface area contributed by atoms with E-state index < -0.39 is 0 Å². The molecule has 0 bridgehead atoms. The number of nitrogens with one attached hydrogen (secondary N) is 1. The molecule has 1 aromatic rings. The SMILES string of the molecule is CC(C)c1cc(NC2CCCCC2O)ncn1. The van der Waals surface area contributed by atoms with E-state index in [9.17, 15) is 5.11 Å². The number of hydrogen-bond acceptors (Lipinski definition) is 4. The Kier molecular flexibility index (Phi) is 3.94. The maximum Gasteiger partial charge on any atom is 0.129 e. The van der Waals surface area contributed by atoms with Crippen LogP contribution in [-0.2, 0) is 0 Å². The van der Waals surface area contributed by atoms with Gasteiger partial charge in [0.25, 0.3) is 0 Å². The van der Waals surface area contributed by atoms with Crippen molar-refractivity contribution in [3.8, 4) is 0 Å². The highest BCUT2D eigenvalue weighted by Crippen LogP contribution is 2.22. The molecule has 1 heterocycles. The summed E-state index contributed by atoms with van der Waals surface area (Å²) in [6, 6.07) is 2.12. The molecule has 0 saturated heterocycles. The van der Waals surface area contributed by atoms with Crippen LogP contribution in [0.1, 0.15) is 51.1 Å². The third-order valence-electron chi connectivity index (χ3n) is 3.34. The summed E-state index contributed by atoms with van der Waals surface area (Å²) in [7, 11) is 0. The third kappa shape index (κ3) is 3.16. The van der Waals surface area contributed by atoms with Crippen molar-refractivity contribution in [2.75, 3.05) is 5.32 Å². The number of rotatable bonds is 3. The Bertz CT molecular complexity index is 367. The van der Waals surface area contributed by atoms with Crippen molar-refractivity contribution in [1.29, 1.82) is 0 Å². The van der Waals surface area contributed by atoms with E-state index in [1.807, 2.05) is 6.07 Å². The Morgan fingerprint density at radius 1 is 1.29 bits per heavy atom. The summed E-state index contributed by atoms with van der Waals surface area (Å²) in [6.07, 6.45) is 5.55. The first kappa shape index (κ1) is 12.3. The molecule has 4 heteroatoms. The Morgan fingerprint density at radius 2 is 2.06 bits per heavy atom. The summed E-state index contributed by atoms with van der Waals surface area (Å²) in [4.78, 5) is 8.45. The molecule has 17 heavy (non-hydrogen) atoms. The van der Waals surface area contributed by atoms with Gasteiger partial charge in [0.15, 0.2) is 0 Å². The van der Waals surface area contributed by atoms with E-state index in [4.69, 9.17) is 0 Å². The summed E-state index contributed by atoms with van der Waals surface area (Å²) < 4.78 is 0. The topological polar surface area (TPSA) is 58.0 Å². The molecule has 0 amide bonds. The predicted octanol–water partition coefficient (Wildman–Crippen LogP) is 2.32. The molecule has 0 radical (unpaired) electrons. The second-order valence-corrected chi connectivity index (χ2v) is 5.09. The Morgan fingerprint density at radius 3 is 2.76 bits per heavy atom. The number of hydrogen-bond donors (Lipinski definition) is 2. The van der Waals surface area contributed by atoms with E-state index in [0.717, 1.165) is 30.8 Å². The molecule has 0 aromatic carbocycles. The summed E-state index contributed by atoms with van der Waals surface area (Å²) >= 11 is 0. The fourth-order valence-corrected chi connectivity index (χ4v) is 2.24. The van der Waals surface area contributed by atoms with Gasteiger partial charge in [-0.05, 0) is 18.8 Å². The van der Waals surface area contributed by atoms with Gasteiger partial charge in [0.1, 0.15) is 12.1 Å². The zero-order valence-corrected chi connectivity index (χ0v) is 10.6. The third-order valence-corrected chi connectivity index (χ3v) is 3.34. The van der Waals surface area contributed by atoms with Gasteiger partial charge in [0.05, 0.1) is 12.1 Å². The number of aromatic nitrogens is 2. The van der Waals surface area contributed by atoms with Gasteiger partial charge in [-0.15, -0.1) is 0 Å². The molecule has 1 aliphatic carbocycles. The minimum atomic E-state index is -0.249. The van der Waals surface area contributed by atoms with Gasteiger partial charge in [0.2, 0.25) is 0 Å². The molecule has 1 aliphatic rings. The maximum absolute atomic E-state index is 9.90. The van der Waals surface area contributed by atoms with Crippen LogP contribution < -0.4 is 5.32 Å². The van der Waals surface area contributed by atoms with Gasteiger partial charge in [-0.1, -0.05) is 26.7 Å². The lowest BCUT2D eigenvalue weighted by Crippen LogP contribution is -2.36. The van der Waals surface area contributed by atoms with Gasteiger partial charge >= 0.3 is 0 Å². The quantitative estimate of drug-likeness (QED) is 0.844. The first-order valence-electron chi connectivity index (χ1n) is 6.43. The van der Waals surface area contributed by atoms with E-state index in [-0.39, 0.29) is 12.1 Å². The molecule has 1 fully saturated rings. The molecular formula is C13H21N3O. The van der Waals surface area contributed by atoms with Crippen LogP contribution in [0, 0.1) is 0 Å². The van der Waals surface area contributed by atoms with Crippen molar-refractivity contribution in [3.05, 3.63) is 18.1 Å². The van der Waals surface area contributed by atoms with E-state index >= 15 is 0 Å². The number of aliphatic hydroxyl groups excluding tert-OH is 1. The molecule has 1 saturated carbocycles. The highest BCUT2D eigenvalue weighted by Gasteiger charge is 2.23. The molecule has 4 nitrogen and oxygen atoms in total. The van der Waals surface area contributed by atoms with Gasteiger partial charge < -0.3 is 10.4 Å². The highest BCUT2D eigenvalue weighted by atomic mass is 16.3. The Hall–Kier alpha value is -1.16. The van der Waals surface area contributed by atoms with Crippen molar-refractivity contribution >= 4 is 5.82 Å². The Balaban J connectivity index is 2.04. The normalized spacial score (nSPS) is 24.9. The molecule has 1 aromatic heterocycles. The highest BCUT2D eigenvalue weighted by molar-refractivity contribution is 5.37. The maximum atomic E-state index is 9.90. The van der Waals surface area contributed by atoms with Crippen molar-refractivity contribution in [3.63, 3.8) is 0 Å². The molecule has 0 spiro atoms. The molecule has 94 valence electrons. The lowest BCUT2D eigenvalue weighted by atomic mass is 9.92. The minimum Gasteiger partial charge on any atom is -0.391 e. The average Bonchev–Trinajstić information content (AvgIpc) is 2.32. The average molecular weight is 235 g/mol. The number of aliphatic hydroxyl groups is 1. The van der Waals surface area contributed by atoms with Gasteiger partial charge in [-0.2, -0.15) is 0 Å². The van der Waals surface area contributed by atoms with Crippen LogP contribution in [-0.4, -0.2) is 27.2 Å². The molecule has 2 unspecified atom stereocenters. The van der Waals surface area contributed by atoms with Crippen LogP contribution in [0.2, 0.25) is 0 Å². The summed E-state index contributed by atoms with van der Waals surface area (Å²) in [6.45, 7) is 4.23. The molecule has 2 atom stereocenters. The van der Waals surface area contributed by atoms with Gasteiger partial charge in [-0.25, -0.2) is 9.97 Å². The smallest absolute Gasteiger partial charge is 0.129 e. The first-order valence-corrected chi connectivity index (χ1v) is 6.43. The van der Waals surface area contributed by atoms with Crippen LogP contribution in [0.4, 0.5) is 5.82 Å². The van der Waals surface area contributed by atoms with Crippen LogP contribution >= 0.6 is 0 Å². The summed E-state index contributed by atoms with van der Waals surface area (Å²) in [5, 5.41) is 13.2. The van der Waals surface area contributed by atoms with Crippen LogP contribution in [0.15, 0.2) is 12.4 Å². The number of nitrogens with zero attached hydrogens (tertiary/aromatic N) is 2. The lowest BCUT2D eigenvalue weighted by molar-refractivity contribution is 0.116. The van der Waals surface area contributed by atoms with Crippen LogP contribution in [0.25, 0.3) is 0 Å². The fourth-order valence-electron chi connectivity index (χ4n) is 2.24. The Labute approximate surface area is 102 Å². The van der Waals surface area contributed by atoms with Crippen LogP contribution in [0.5, 0.6) is 0 Å². The second-order valence-electron chi connectivity index (χ2n) is 5.09. The van der Waals surface area contributed by atoms with E-state index in [1.54, 1.807) is 6.33 Å². The lowest BCUT2D eigenvalue weighted by Gasteiger charge is -2.28. The van der Waals surface area contributed by atoms with Crippen LogP contribution in [0.3, 0.4) is 0 Å². The van der Waals surface area contributed by atoms with Crippen molar-refractivity contribution in [2.45, 2.75) is 57.6 Å². The van der Waals surface area contributed by atoms with E-state index in [2.05, 4.69) is 29.1 Å². The fraction of sp³-hybridized carbons (Fsp3) is 0.692. The standard InChI is InChI=1S/C13H21N3O/c1-9(2)11-7-13(15-8-14-11)16-10-5-3-4-6-12(10)17/h7-10,12,17H,3-6H2,1-2H3,(H,14,15,16). The van der Waals surface area contributed by atoms with E-state index in [1.165, 1.54) is 6.42 Å². The minimum absolute atomic E-state index is 0.138. The monoisotopic (exact) mass is 235 g/mol. The second kappa shape index (κ2) is 5.45. The zero-order chi connectivity index (χ0) is 12.3. The van der Waals surface area contributed by atoms with Crippen molar-refractivity contribution in [1.82, 2.24) is 9.97 Å².